The second kappa shape index (κ2) is 6.99. The molecule has 1 N–H and O–H groups in total. The highest BCUT2D eigenvalue weighted by molar-refractivity contribution is 7.85. The Bertz CT molecular complexity index is 1350. The van der Waals surface area contributed by atoms with Crippen molar-refractivity contribution in [2.75, 3.05) is 0 Å². The van der Waals surface area contributed by atoms with Crippen LogP contribution in [-0.4, -0.2) is 18.0 Å². The molecular formula is C15HClF9NO3S. The highest BCUT2D eigenvalue weighted by Crippen LogP contribution is 2.40. The Morgan fingerprint density at radius 2 is 1.10 bits per heavy atom. The summed E-state index contributed by atoms with van der Waals surface area (Å²) < 4.78 is 156. The fourth-order valence-corrected chi connectivity index (χ4v) is 3.47. The zero-order chi connectivity index (χ0) is 22.9. The Morgan fingerprint density at radius 1 is 0.633 bits per heavy atom. The standard InChI is InChI=1S/C15HClF9NO3S/c16-15-2-1(8(21)14(30(27,28)29)12(25)4(2)17)7(20)13(26-15)3-5(18)9(22)11(24)10(23)6(3)19/h(H,27,28,29). The average Bonchev–Trinajstić information content (AvgIpc) is 2.64. The molecule has 15 heteroatoms. The van der Waals surface area contributed by atoms with Crippen molar-refractivity contribution < 1.29 is 52.5 Å². The molecule has 30 heavy (non-hydrogen) atoms. The van der Waals surface area contributed by atoms with Crippen LogP contribution in [0.5, 0.6) is 0 Å². The molecule has 3 rings (SSSR count). The number of fused-ring (bicyclic) bond motifs is 1. The third kappa shape index (κ3) is 2.97. The Kier molecular flexibility index (Phi) is 5.15. The van der Waals surface area contributed by atoms with Gasteiger partial charge in [-0.2, -0.15) is 8.42 Å². The van der Waals surface area contributed by atoms with Gasteiger partial charge in [-0.1, -0.05) is 11.6 Å². The molecule has 0 aliphatic carbocycles. The fourth-order valence-electron chi connectivity index (χ4n) is 2.57. The number of hydrogen-bond donors (Lipinski definition) is 1. The second-order valence-electron chi connectivity index (χ2n) is 5.51. The van der Waals surface area contributed by atoms with Crippen molar-refractivity contribution >= 4 is 32.5 Å². The van der Waals surface area contributed by atoms with Gasteiger partial charge in [0.05, 0.1) is 16.3 Å². The van der Waals surface area contributed by atoms with Crippen molar-refractivity contribution in [3.63, 3.8) is 0 Å². The molecule has 0 fully saturated rings. The van der Waals surface area contributed by atoms with E-state index >= 15 is 0 Å². The summed E-state index contributed by atoms with van der Waals surface area (Å²) >= 11 is 5.45. The van der Waals surface area contributed by atoms with Crippen LogP contribution in [0.3, 0.4) is 0 Å². The lowest BCUT2D eigenvalue weighted by atomic mass is 10.0. The summed E-state index contributed by atoms with van der Waals surface area (Å²) in [5.41, 5.74) is -3.89. The average molecular weight is 482 g/mol. The van der Waals surface area contributed by atoms with Crippen LogP contribution in [0.15, 0.2) is 4.90 Å². The van der Waals surface area contributed by atoms with Gasteiger partial charge in [-0.3, -0.25) is 4.55 Å². The highest BCUT2D eigenvalue weighted by Gasteiger charge is 2.35. The topological polar surface area (TPSA) is 67.3 Å². The van der Waals surface area contributed by atoms with Gasteiger partial charge in [0.15, 0.2) is 51.4 Å². The summed E-state index contributed by atoms with van der Waals surface area (Å²) in [6.45, 7) is 0. The summed E-state index contributed by atoms with van der Waals surface area (Å²) in [4.78, 5) is 0.517. The lowest BCUT2D eigenvalue weighted by molar-refractivity contribution is 0.380. The normalized spacial score (nSPS) is 12.1. The second-order valence-corrected chi connectivity index (χ2v) is 7.22. The molecule has 2 aromatic carbocycles. The maximum absolute atomic E-state index is 14.8. The van der Waals surface area contributed by atoms with E-state index in [0.29, 0.717) is 0 Å². The Balaban J connectivity index is 2.62. The molecule has 0 spiro atoms. The smallest absolute Gasteiger partial charge is 0.282 e. The van der Waals surface area contributed by atoms with Crippen molar-refractivity contribution in [3.8, 4) is 11.3 Å². The van der Waals surface area contributed by atoms with Gasteiger partial charge in [-0.05, 0) is 0 Å². The van der Waals surface area contributed by atoms with E-state index in [2.05, 4.69) is 4.98 Å². The highest BCUT2D eigenvalue weighted by atomic mass is 35.5. The van der Waals surface area contributed by atoms with E-state index in [4.69, 9.17) is 16.2 Å². The maximum atomic E-state index is 14.8. The van der Waals surface area contributed by atoms with E-state index in [1.807, 2.05) is 0 Å². The van der Waals surface area contributed by atoms with Crippen LogP contribution in [0.1, 0.15) is 0 Å². The number of nitrogens with zero attached hydrogens (tertiary/aromatic N) is 1. The zero-order valence-electron chi connectivity index (χ0n) is 13.4. The van der Waals surface area contributed by atoms with Gasteiger partial charge in [0, 0.05) is 0 Å². The lowest BCUT2D eigenvalue weighted by Gasteiger charge is -2.14. The number of hydrogen-bond acceptors (Lipinski definition) is 3. The summed E-state index contributed by atoms with van der Waals surface area (Å²) in [6, 6.07) is 0. The van der Waals surface area contributed by atoms with Crippen LogP contribution < -0.4 is 0 Å². The summed E-state index contributed by atoms with van der Waals surface area (Å²) in [6.07, 6.45) is 0. The molecule has 0 aliphatic heterocycles. The zero-order valence-corrected chi connectivity index (χ0v) is 15.0. The molecule has 0 saturated heterocycles. The molecule has 0 aliphatic rings. The van der Waals surface area contributed by atoms with Crippen LogP contribution in [0, 0.1) is 52.4 Å². The summed E-state index contributed by atoms with van der Waals surface area (Å²) in [7, 11) is -5.86. The van der Waals surface area contributed by atoms with Crippen molar-refractivity contribution in [1.82, 2.24) is 4.98 Å². The maximum Gasteiger partial charge on any atom is 0.300 e. The summed E-state index contributed by atoms with van der Waals surface area (Å²) in [5.74, 6) is -22.7. The third-order valence-electron chi connectivity index (χ3n) is 3.83. The molecule has 0 atom stereocenters. The molecule has 0 saturated carbocycles. The van der Waals surface area contributed by atoms with Crippen LogP contribution in [0.4, 0.5) is 39.5 Å². The van der Waals surface area contributed by atoms with E-state index < -0.39 is 94.6 Å². The van der Waals surface area contributed by atoms with Gasteiger partial charge in [0.25, 0.3) is 0 Å². The van der Waals surface area contributed by atoms with Crippen molar-refractivity contribution in [2.45, 2.75) is 4.90 Å². The van der Waals surface area contributed by atoms with Crippen molar-refractivity contribution in [1.29, 1.82) is 0 Å². The SMILES string of the molecule is O=S(=O)(O)c1c(F)c(F)c2c(Cl)nc(-c3c(F)c(F)c(F)c(F)c3F)c(F)c2c1F. The van der Waals surface area contributed by atoms with Crippen LogP contribution in [0.25, 0.3) is 22.0 Å². The van der Waals surface area contributed by atoms with Crippen LogP contribution >= 0.6 is 11.6 Å². The minimum Gasteiger partial charge on any atom is -0.282 e. The van der Waals surface area contributed by atoms with Gasteiger partial charge in [0.2, 0.25) is 5.82 Å². The van der Waals surface area contributed by atoms with Gasteiger partial charge in [0.1, 0.15) is 10.8 Å². The molecule has 4 nitrogen and oxygen atoms in total. The first-order valence-electron chi connectivity index (χ1n) is 7.06. The minimum atomic E-state index is -5.86. The van der Waals surface area contributed by atoms with E-state index in [9.17, 15) is 47.9 Å². The lowest BCUT2D eigenvalue weighted by Crippen LogP contribution is -2.11. The van der Waals surface area contributed by atoms with E-state index in [1.165, 1.54) is 0 Å². The molecule has 0 radical (unpaired) electrons. The molecular weight excluding hydrogens is 481 g/mol. The molecule has 1 aromatic heterocycles. The Labute approximate surface area is 164 Å². The molecule has 0 amide bonds. The van der Waals surface area contributed by atoms with E-state index in [0.717, 1.165) is 0 Å². The number of halogens is 10. The number of pyridine rings is 1. The van der Waals surface area contributed by atoms with Gasteiger partial charge in [-0.15, -0.1) is 0 Å². The molecule has 160 valence electrons. The van der Waals surface area contributed by atoms with Crippen molar-refractivity contribution in [2.24, 2.45) is 0 Å². The first-order valence-corrected chi connectivity index (χ1v) is 8.88. The van der Waals surface area contributed by atoms with Crippen LogP contribution in [-0.2, 0) is 10.1 Å². The van der Waals surface area contributed by atoms with Gasteiger partial charge >= 0.3 is 10.1 Å². The van der Waals surface area contributed by atoms with Gasteiger partial charge < -0.3 is 0 Å². The summed E-state index contributed by atoms with van der Waals surface area (Å²) in [5, 5.41) is -4.88. The van der Waals surface area contributed by atoms with Crippen molar-refractivity contribution in [3.05, 3.63) is 57.5 Å². The fraction of sp³-hybridized carbons (Fsp3) is 0. The monoisotopic (exact) mass is 481 g/mol. The minimum absolute atomic E-state index is 1.43. The molecule has 0 unspecified atom stereocenters. The molecule has 1 heterocycles. The Hall–Kier alpha value is -2.58. The Morgan fingerprint density at radius 3 is 1.57 bits per heavy atom. The first kappa shape index (κ1) is 22.1. The van der Waals surface area contributed by atoms with E-state index in [1.54, 1.807) is 0 Å². The molecule has 3 aromatic rings. The number of aromatic nitrogens is 1. The molecule has 0 bridgehead atoms. The number of benzene rings is 2. The van der Waals surface area contributed by atoms with E-state index in [-0.39, 0.29) is 0 Å². The van der Waals surface area contributed by atoms with Crippen LogP contribution in [0.2, 0.25) is 5.15 Å². The quantitative estimate of drug-likeness (QED) is 0.183. The van der Waals surface area contributed by atoms with Gasteiger partial charge in [-0.25, -0.2) is 44.5 Å². The third-order valence-corrected chi connectivity index (χ3v) is 4.98. The largest absolute Gasteiger partial charge is 0.300 e. The number of rotatable bonds is 2. The first-order chi connectivity index (χ1) is 13.7. The predicted molar refractivity (Wildman–Crippen MR) is 81.6 cm³/mol. The predicted octanol–water partition coefficient (Wildman–Crippen LogP) is 5.05.